The van der Waals surface area contributed by atoms with Crippen LogP contribution in [0.2, 0.25) is 0 Å². The summed E-state index contributed by atoms with van der Waals surface area (Å²) < 4.78 is 9.16. The number of nitrogens with zero attached hydrogens (tertiary/aromatic N) is 3. The molecule has 3 heterocycles. The third kappa shape index (κ3) is 3.47. The van der Waals surface area contributed by atoms with Gasteiger partial charge in [-0.1, -0.05) is 12.8 Å². The molecule has 7 heteroatoms. The number of pyridine rings is 1. The maximum atomic E-state index is 12.9. The predicted molar refractivity (Wildman–Crippen MR) is 119 cm³/mol. The zero-order valence-corrected chi connectivity index (χ0v) is 17.4. The summed E-state index contributed by atoms with van der Waals surface area (Å²) in [5.41, 5.74) is 11.0. The van der Waals surface area contributed by atoms with Crippen molar-refractivity contribution in [1.29, 1.82) is 0 Å². The van der Waals surface area contributed by atoms with Gasteiger partial charge in [-0.25, -0.2) is 9.78 Å². The van der Waals surface area contributed by atoms with Gasteiger partial charge in [-0.15, -0.1) is 0 Å². The number of benzene rings is 1. The van der Waals surface area contributed by atoms with Gasteiger partial charge >= 0.3 is 5.69 Å². The van der Waals surface area contributed by atoms with E-state index in [1.165, 1.54) is 18.4 Å². The number of anilines is 3. The molecule has 1 saturated carbocycles. The Balaban J connectivity index is 1.49. The van der Waals surface area contributed by atoms with Crippen LogP contribution in [0.15, 0.2) is 35.3 Å². The van der Waals surface area contributed by atoms with Gasteiger partial charge < -0.3 is 15.8 Å². The van der Waals surface area contributed by atoms with Crippen LogP contribution in [0.5, 0.6) is 0 Å². The molecule has 0 spiro atoms. The van der Waals surface area contributed by atoms with E-state index in [1.807, 2.05) is 23.7 Å². The fourth-order valence-electron chi connectivity index (χ4n) is 5.00. The Bertz CT molecular complexity index is 1120. The van der Waals surface area contributed by atoms with Crippen LogP contribution in [-0.4, -0.2) is 27.3 Å². The molecular weight excluding hydrogens is 378 g/mol. The minimum Gasteiger partial charge on any atom is -0.399 e. The molecule has 1 aliphatic heterocycles. The quantitative estimate of drug-likeness (QED) is 0.637. The Morgan fingerprint density at radius 3 is 2.60 bits per heavy atom. The van der Waals surface area contributed by atoms with Crippen LogP contribution in [0.25, 0.3) is 11.0 Å². The van der Waals surface area contributed by atoms with Crippen molar-refractivity contribution in [3.05, 3.63) is 46.5 Å². The van der Waals surface area contributed by atoms with E-state index in [0.717, 1.165) is 67.1 Å². The van der Waals surface area contributed by atoms with Gasteiger partial charge in [0.15, 0.2) is 0 Å². The largest absolute Gasteiger partial charge is 0.399 e. The summed E-state index contributed by atoms with van der Waals surface area (Å²) >= 11 is 0. The molecule has 3 aromatic rings. The lowest BCUT2D eigenvalue weighted by atomic mass is 9.91. The lowest BCUT2D eigenvalue weighted by molar-refractivity contribution is 0.0853. The van der Waals surface area contributed by atoms with E-state index in [9.17, 15) is 4.79 Å². The Labute approximate surface area is 175 Å². The molecule has 2 fully saturated rings. The number of nitrogens with one attached hydrogen (secondary N) is 1. The van der Waals surface area contributed by atoms with E-state index < -0.39 is 0 Å². The summed E-state index contributed by atoms with van der Waals surface area (Å²) in [6.07, 6.45) is 8.32. The Morgan fingerprint density at radius 1 is 1.07 bits per heavy atom. The number of fused-ring (bicyclic) bond motifs is 1. The number of rotatable bonds is 4. The molecule has 0 atom stereocenters. The highest BCUT2D eigenvalue weighted by atomic mass is 16.5. The van der Waals surface area contributed by atoms with Crippen LogP contribution < -0.4 is 16.7 Å². The van der Waals surface area contributed by atoms with E-state index in [4.69, 9.17) is 10.5 Å². The van der Waals surface area contributed by atoms with Crippen molar-refractivity contribution in [3.8, 4) is 0 Å². The Morgan fingerprint density at radius 2 is 1.83 bits per heavy atom. The van der Waals surface area contributed by atoms with Crippen LogP contribution in [0.4, 0.5) is 17.2 Å². The van der Waals surface area contributed by atoms with Crippen molar-refractivity contribution in [2.24, 2.45) is 7.05 Å². The van der Waals surface area contributed by atoms with Gasteiger partial charge in [0.2, 0.25) is 0 Å². The molecule has 0 unspecified atom stereocenters. The highest BCUT2D eigenvalue weighted by Crippen LogP contribution is 2.33. The topological polar surface area (TPSA) is 87.1 Å². The molecule has 3 N–H and O–H groups in total. The van der Waals surface area contributed by atoms with Crippen LogP contribution in [0, 0.1) is 0 Å². The summed E-state index contributed by atoms with van der Waals surface area (Å²) in [5.74, 6) is 1.20. The highest BCUT2D eigenvalue weighted by molar-refractivity contribution is 5.79. The second-order valence-electron chi connectivity index (χ2n) is 8.61. The number of hydrogen-bond donors (Lipinski definition) is 2. The summed E-state index contributed by atoms with van der Waals surface area (Å²) in [6, 6.07) is 8.43. The lowest BCUT2D eigenvalue weighted by Gasteiger charge is -2.23. The average molecular weight is 408 g/mol. The fourth-order valence-corrected chi connectivity index (χ4v) is 5.00. The first-order valence-electron chi connectivity index (χ1n) is 10.9. The Kier molecular flexibility index (Phi) is 4.98. The molecule has 1 aliphatic carbocycles. The van der Waals surface area contributed by atoms with Crippen LogP contribution >= 0.6 is 0 Å². The number of ether oxygens (including phenoxy) is 1. The normalized spacial score (nSPS) is 18.3. The van der Waals surface area contributed by atoms with E-state index in [-0.39, 0.29) is 11.7 Å². The molecule has 1 saturated heterocycles. The van der Waals surface area contributed by atoms with Gasteiger partial charge in [-0.3, -0.25) is 9.13 Å². The van der Waals surface area contributed by atoms with Gasteiger partial charge in [0.1, 0.15) is 5.82 Å². The second kappa shape index (κ2) is 7.80. The first-order chi connectivity index (χ1) is 14.6. The number of aryl methyl sites for hydroxylation is 1. The molecule has 158 valence electrons. The molecule has 7 nitrogen and oxygen atoms in total. The van der Waals surface area contributed by atoms with Crippen molar-refractivity contribution < 1.29 is 4.74 Å². The summed E-state index contributed by atoms with van der Waals surface area (Å²) in [6.45, 7) is 1.60. The van der Waals surface area contributed by atoms with Gasteiger partial charge in [0.25, 0.3) is 0 Å². The van der Waals surface area contributed by atoms with Gasteiger partial charge in [0, 0.05) is 43.7 Å². The van der Waals surface area contributed by atoms with Crippen molar-refractivity contribution in [3.63, 3.8) is 0 Å². The monoisotopic (exact) mass is 407 g/mol. The third-order valence-electron chi connectivity index (χ3n) is 6.61. The summed E-state index contributed by atoms with van der Waals surface area (Å²) in [5, 5.41) is 3.42. The van der Waals surface area contributed by atoms with E-state index in [1.54, 1.807) is 10.8 Å². The number of aromatic nitrogens is 3. The number of nitrogen functional groups attached to an aromatic ring is 1. The standard InChI is InChI=1S/C23H29N5O2/c1-27-21-14-25-22(13-20(21)28(23(27)29)19-4-2-3-5-19)26-18-11-16(10-17(24)12-18)15-6-8-30-9-7-15/h10-15,19H,2-9,24H2,1H3,(H,25,26). The van der Waals surface area contributed by atoms with Crippen LogP contribution in [-0.2, 0) is 11.8 Å². The maximum absolute atomic E-state index is 12.9. The van der Waals surface area contributed by atoms with Crippen molar-refractivity contribution in [2.75, 3.05) is 24.3 Å². The SMILES string of the molecule is Cn1c(=O)n(C2CCCC2)c2cc(Nc3cc(N)cc(C4CCOCC4)c3)ncc21. The molecule has 5 rings (SSSR count). The zero-order valence-electron chi connectivity index (χ0n) is 17.4. The van der Waals surface area contributed by atoms with Crippen LogP contribution in [0.3, 0.4) is 0 Å². The molecule has 1 aromatic carbocycles. The number of nitrogens with two attached hydrogens (primary N) is 1. The molecule has 0 radical (unpaired) electrons. The lowest BCUT2D eigenvalue weighted by Crippen LogP contribution is -2.24. The zero-order chi connectivity index (χ0) is 20.7. The molecule has 2 aliphatic rings. The highest BCUT2D eigenvalue weighted by Gasteiger charge is 2.23. The van der Waals surface area contributed by atoms with Gasteiger partial charge in [-0.2, -0.15) is 0 Å². The second-order valence-corrected chi connectivity index (χ2v) is 8.61. The molecular formula is C23H29N5O2. The molecule has 0 bridgehead atoms. The average Bonchev–Trinajstić information content (AvgIpc) is 3.35. The Hall–Kier alpha value is -2.80. The number of hydrogen-bond acceptors (Lipinski definition) is 5. The van der Waals surface area contributed by atoms with Crippen LogP contribution in [0.1, 0.15) is 56.0 Å². The van der Waals surface area contributed by atoms with Crippen molar-refractivity contribution in [2.45, 2.75) is 50.5 Å². The summed E-state index contributed by atoms with van der Waals surface area (Å²) in [4.78, 5) is 17.4. The third-order valence-corrected chi connectivity index (χ3v) is 6.61. The smallest absolute Gasteiger partial charge is 0.329 e. The van der Waals surface area contributed by atoms with Gasteiger partial charge in [0.05, 0.1) is 17.2 Å². The van der Waals surface area contributed by atoms with E-state index in [0.29, 0.717) is 5.92 Å². The molecule has 0 amide bonds. The molecule has 30 heavy (non-hydrogen) atoms. The van der Waals surface area contributed by atoms with Crippen molar-refractivity contribution in [1.82, 2.24) is 14.1 Å². The minimum atomic E-state index is 0.0432. The summed E-state index contributed by atoms with van der Waals surface area (Å²) in [7, 11) is 1.82. The maximum Gasteiger partial charge on any atom is 0.329 e. The van der Waals surface area contributed by atoms with E-state index >= 15 is 0 Å². The number of imidazole rings is 1. The first-order valence-corrected chi connectivity index (χ1v) is 10.9. The molecule has 2 aromatic heterocycles. The first kappa shape index (κ1) is 19.2. The van der Waals surface area contributed by atoms with Crippen molar-refractivity contribution >= 4 is 28.2 Å². The van der Waals surface area contributed by atoms with E-state index in [2.05, 4.69) is 22.4 Å². The fraction of sp³-hybridized carbons (Fsp3) is 0.478. The van der Waals surface area contributed by atoms with Gasteiger partial charge in [-0.05, 0) is 55.4 Å². The minimum absolute atomic E-state index is 0.0432. The predicted octanol–water partition coefficient (Wildman–Crippen LogP) is 4.07.